The molecule has 0 saturated heterocycles. The zero-order valence-electron chi connectivity index (χ0n) is 20.0. The molecule has 1 amide bonds. The van der Waals surface area contributed by atoms with Gasteiger partial charge in [-0.25, -0.2) is 18.9 Å². The number of primary amides is 1. The first-order valence-electron chi connectivity index (χ1n) is 11.2. The fourth-order valence-corrected chi connectivity index (χ4v) is 4.11. The number of amides is 1. The maximum Gasteiger partial charge on any atom is 0.252 e. The highest BCUT2D eigenvalue weighted by Gasteiger charge is 2.22. The number of carbonyl (C=O) groups is 1. The van der Waals surface area contributed by atoms with Gasteiger partial charge in [0.25, 0.3) is 5.91 Å². The highest BCUT2D eigenvalue weighted by Crippen LogP contribution is 2.37. The number of benzene rings is 2. The molecule has 0 aliphatic heterocycles. The van der Waals surface area contributed by atoms with E-state index in [0.717, 1.165) is 23.0 Å². The Morgan fingerprint density at radius 1 is 1.23 bits per heavy atom. The molecule has 0 atom stereocenters. The number of imidazole rings is 1. The molecule has 4 rings (SSSR count). The Kier molecular flexibility index (Phi) is 6.54. The molecule has 0 spiro atoms. The molecule has 0 bridgehead atoms. The molecule has 0 fully saturated rings. The lowest BCUT2D eigenvalue weighted by molar-refractivity contribution is 0.0996. The molecular formula is C25H27FN6O3. The van der Waals surface area contributed by atoms with Gasteiger partial charge in [0.1, 0.15) is 40.7 Å². The molecule has 35 heavy (non-hydrogen) atoms. The first-order valence-corrected chi connectivity index (χ1v) is 11.2. The Balaban J connectivity index is 1.84. The molecule has 10 heteroatoms. The van der Waals surface area contributed by atoms with Crippen molar-refractivity contribution < 1.29 is 18.7 Å². The predicted molar refractivity (Wildman–Crippen MR) is 130 cm³/mol. The summed E-state index contributed by atoms with van der Waals surface area (Å²) in [4.78, 5) is 20.8. The molecule has 0 aliphatic carbocycles. The van der Waals surface area contributed by atoms with E-state index in [9.17, 15) is 9.18 Å². The first kappa shape index (κ1) is 23.9. The average molecular weight is 479 g/mol. The minimum absolute atomic E-state index is 0.00896. The van der Waals surface area contributed by atoms with Crippen LogP contribution >= 0.6 is 0 Å². The molecule has 0 unspecified atom stereocenters. The van der Waals surface area contributed by atoms with Gasteiger partial charge in [0.2, 0.25) is 0 Å². The third-order valence-corrected chi connectivity index (χ3v) is 5.60. The van der Waals surface area contributed by atoms with Crippen LogP contribution in [0.15, 0.2) is 36.7 Å². The third kappa shape index (κ3) is 4.46. The fraction of sp³-hybridized carbons (Fsp3) is 0.280. The molecule has 4 aromatic rings. The number of carbonyl (C=O) groups excluding carboxylic acids is 1. The molecule has 2 heterocycles. The van der Waals surface area contributed by atoms with Gasteiger partial charge in [0.15, 0.2) is 5.82 Å². The van der Waals surface area contributed by atoms with E-state index in [1.807, 2.05) is 39.0 Å². The average Bonchev–Trinajstić information content (AvgIpc) is 3.20. The van der Waals surface area contributed by atoms with E-state index in [0.29, 0.717) is 34.9 Å². The zero-order valence-corrected chi connectivity index (χ0v) is 20.0. The number of methoxy groups -OCH3 is 1. The number of hydrogen-bond donors (Lipinski definition) is 2. The van der Waals surface area contributed by atoms with Gasteiger partial charge < -0.3 is 20.9 Å². The van der Waals surface area contributed by atoms with Gasteiger partial charge >= 0.3 is 0 Å². The number of nitrogens with two attached hydrogens (primary N) is 2. The second kappa shape index (κ2) is 9.57. The lowest BCUT2D eigenvalue weighted by atomic mass is 9.98. The molecule has 4 N–H and O–H groups in total. The van der Waals surface area contributed by atoms with Gasteiger partial charge in [-0.15, -0.1) is 0 Å². The van der Waals surface area contributed by atoms with Crippen molar-refractivity contribution >= 4 is 17.2 Å². The lowest BCUT2D eigenvalue weighted by Gasteiger charge is -2.15. The van der Waals surface area contributed by atoms with Crippen molar-refractivity contribution in [2.75, 3.05) is 19.5 Å². The summed E-state index contributed by atoms with van der Waals surface area (Å²) in [6, 6.07) is 8.01. The molecule has 2 aromatic heterocycles. The van der Waals surface area contributed by atoms with Crippen molar-refractivity contribution in [2.45, 2.75) is 33.1 Å². The molecule has 0 aliphatic rings. The normalized spacial score (nSPS) is 11.3. The van der Waals surface area contributed by atoms with Gasteiger partial charge in [0.05, 0.1) is 19.3 Å². The van der Waals surface area contributed by atoms with Crippen LogP contribution in [0, 0.1) is 5.82 Å². The van der Waals surface area contributed by atoms with Crippen LogP contribution < -0.4 is 20.9 Å². The van der Waals surface area contributed by atoms with Crippen molar-refractivity contribution in [3.05, 3.63) is 65.0 Å². The van der Waals surface area contributed by atoms with Crippen LogP contribution in [0.5, 0.6) is 11.5 Å². The summed E-state index contributed by atoms with van der Waals surface area (Å²) in [6.45, 7) is 6.35. The van der Waals surface area contributed by atoms with Crippen LogP contribution in [-0.2, 0) is 6.42 Å². The number of ether oxygens (including phenoxy) is 2. The Labute approximate surface area is 201 Å². The number of anilines is 1. The Morgan fingerprint density at radius 2 is 2.00 bits per heavy atom. The first-order chi connectivity index (χ1) is 16.7. The van der Waals surface area contributed by atoms with Crippen LogP contribution in [0.25, 0.3) is 16.8 Å². The van der Waals surface area contributed by atoms with E-state index >= 15 is 0 Å². The van der Waals surface area contributed by atoms with Gasteiger partial charge in [-0.3, -0.25) is 4.79 Å². The summed E-state index contributed by atoms with van der Waals surface area (Å²) >= 11 is 0. The summed E-state index contributed by atoms with van der Waals surface area (Å²) in [5, 5.41) is 4.34. The summed E-state index contributed by atoms with van der Waals surface area (Å²) in [5.41, 5.74) is 14.9. The zero-order chi connectivity index (χ0) is 25.3. The van der Waals surface area contributed by atoms with Crippen molar-refractivity contribution in [1.82, 2.24) is 19.6 Å². The van der Waals surface area contributed by atoms with Crippen molar-refractivity contribution in [3.63, 3.8) is 0 Å². The van der Waals surface area contributed by atoms with E-state index in [-0.39, 0.29) is 23.7 Å². The van der Waals surface area contributed by atoms with Crippen LogP contribution in [-0.4, -0.2) is 39.2 Å². The molecule has 0 radical (unpaired) electrons. The van der Waals surface area contributed by atoms with E-state index < -0.39 is 11.7 Å². The van der Waals surface area contributed by atoms with Crippen LogP contribution in [0.1, 0.15) is 54.0 Å². The quantitative estimate of drug-likeness (QED) is 0.394. The van der Waals surface area contributed by atoms with Gasteiger partial charge in [0, 0.05) is 23.5 Å². The molecule has 2 aromatic carbocycles. The number of aromatic nitrogens is 4. The minimum atomic E-state index is -0.764. The van der Waals surface area contributed by atoms with Gasteiger partial charge in [-0.1, -0.05) is 19.9 Å². The lowest BCUT2D eigenvalue weighted by Crippen LogP contribution is -2.14. The van der Waals surface area contributed by atoms with Gasteiger partial charge in [-0.2, -0.15) is 5.10 Å². The maximum absolute atomic E-state index is 14.2. The summed E-state index contributed by atoms with van der Waals surface area (Å²) in [7, 11) is 1.42. The second-order valence-corrected chi connectivity index (χ2v) is 8.33. The van der Waals surface area contributed by atoms with Gasteiger partial charge in [-0.05, 0) is 36.8 Å². The fourth-order valence-electron chi connectivity index (χ4n) is 4.11. The summed E-state index contributed by atoms with van der Waals surface area (Å²) in [6.07, 6.45) is 1.69. The van der Waals surface area contributed by atoms with E-state index in [2.05, 4.69) is 10.1 Å². The topological polar surface area (TPSA) is 131 Å². The number of rotatable bonds is 8. The largest absolute Gasteiger partial charge is 0.496 e. The van der Waals surface area contributed by atoms with Crippen molar-refractivity contribution in [1.29, 1.82) is 0 Å². The Bertz CT molecular complexity index is 1420. The highest BCUT2D eigenvalue weighted by atomic mass is 19.1. The Hall–Kier alpha value is -4.21. The number of hydrogen-bond acceptors (Lipinski definition) is 7. The molecule has 182 valence electrons. The summed E-state index contributed by atoms with van der Waals surface area (Å²) in [5.74, 6) is 0.642. The predicted octanol–water partition coefficient (Wildman–Crippen LogP) is 3.73. The van der Waals surface area contributed by atoms with E-state index in [4.69, 9.17) is 25.9 Å². The standard InChI is InChI=1S/C25H27FN6O3/c1-5-35-19-9-14(8-15-10-16(26)11-18(24(28)33)22(15)34-4)6-7-17(19)20-21-23(27)29-12-30-32(21)25(31-20)13(2)3/h6-7,9-13H,5,8H2,1-4H3,(H2,28,33)(H2,27,29,30). The Morgan fingerprint density at radius 3 is 2.66 bits per heavy atom. The monoisotopic (exact) mass is 478 g/mol. The minimum Gasteiger partial charge on any atom is -0.496 e. The van der Waals surface area contributed by atoms with Crippen LogP contribution in [0.3, 0.4) is 0 Å². The second-order valence-electron chi connectivity index (χ2n) is 8.33. The van der Waals surface area contributed by atoms with Crippen molar-refractivity contribution in [3.8, 4) is 22.8 Å². The maximum atomic E-state index is 14.2. The van der Waals surface area contributed by atoms with E-state index in [1.165, 1.54) is 19.5 Å². The number of fused-ring (bicyclic) bond motifs is 1. The third-order valence-electron chi connectivity index (χ3n) is 5.60. The molecular weight excluding hydrogens is 451 g/mol. The number of halogens is 1. The SMILES string of the molecule is CCOc1cc(Cc2cc(F)cc(C(N)=O)c2OC)ccc1-c1nc(C(C)C)n2ncnc(N)c12. The van der Waals surface area contributed by atoms with Crippen molar-refractivity contribution in [2.24, 2.45) is 5.73 Å². The number of nitrogens with zero attached hydrogens (tertiary/aromatic N) is 4. The smallest absolute Gasteiger partial charge is 0.252 e. The summed E-state index contributed by atoms with van der Waals surface area (Å²) < 4.78 is 27.3. The number of nitrogen functional groups attached to an aromatic ring is 1. The molecule has 9 nitrogen and oxygen atoms in total. The van der Waals surface area contributed by atoms with Crippen LogP contribution in [0.2, 0.25) is 0 Å². The van der Waals surface area contributed by atoms with E-state index in [1.54, 1.807) is 4.52 Å². The highest BCUT2D eigenvalue weighted by molar-refractivity contribution is 5.96. The molecule has 0 saturated carbocycles. The van der Waals surface area contributed by atoms with Crippen LogP contribution in [0.4, 0.5) is 10.2 Å².